The second kappa shape index (κ2) is 6.32. The maximum absolute atomic E-state index is 12.7. The van der Waals surface area contributed by atoms with Gasteiger partial charge in [-0.2, -0.15) is 0 Å². The SMILES string of the molecule is O=C(C[C@H]1CCc2ccccc21)N1CCN(c2nccs2)CC1. The second-order valence-corrected chi connectivity index (χ2v) is 7.19. The molecule has 0 radical (unpaired) electrons. The molecule has 1 saturated heterocycles. The van der Waals surface area contributed by atoms with Crippen LogP contribution in [0.3, 0.4) is 0 Å². The van der Waals surface area contributed by atoms with Crippen molar-refractivity contribution < 1.29 is 4.79 Å². The third kappa shape index (κ3) is 2.98. The number of hydrogen-bond acceptors (Lipinski definition) is 4. The van der Waals surface area contributed by atoms with Gasteiger partial charge in [0.15, 0.2) is 5.13 Å². The lowest BCUT2D eigenvalue weighted by atomic mass is 9.97. The first kappa shape index (κ1) is 14.7. The van der Waals surface area contributed by atoms with Crippen molar-refractivity contribution in [3.63, 3.8) is 0 Å². The van der Waals surface area contributed by atoms with Crippen molar-refractivity contribution in [1.29, 1.82) is 0 Å². The number of aryl methyl sites for hydroxylation is 1. The molecule has 0 bridgehead atoms. The summed E-state index contributed by atoms with van der Waals surface area (Å²) < 4.78 is 0. The lowest BCUT2D eigenvalue weighted by Crippen LogP contribution is -2.49. The van der Waals surface area contributed by atoms with Crippen molar-refractivity contribution in [3.8, 4) is 0 Å². The van der Waals surface area contributed by atoms with Crippen molar-refractivity contribution in [2.24, 2.45) is 0 Å². The van der Waals surface area contributed by atoms with E-state index in [2.05, 4.69) is 34.1 Å². The Hall–Kier alpha value is -1.88. The van der Waals surface area contributed by atoms with E-state index < -0.39 is 0 Å². The van der Waals surface area contributed by atoms with Crippen molar-refractivity contribution in [2.45, 2.75) is 25.2 Å². The minimum Gasteiger partial charge on any atom is -0.345 e. The number of anilines is 1. The molecular formula is C18H21N3OS. The summed E-state index contributed by atoms with van der Waals surface area (Å²) in [5.74, 6) is 0.723. The molecule has 120 valence electrons. The zero-order chi connectivity index (χ0) is 15.6. The Bertz CT molecular complexity index is 677. The summed E-state index contributed by atoms with van der Waals surface area (Å²) >= 11 is 1.67. The largest absolute Gasteiger partial charge is 0.345 e. The molecule has 1 fully saturated rings. The number of piperazine rings is 1. The number of rotatable bonds is 3. The molecule has 4 rings (SSSR count). The minimum absolute atomic E-state index is 0.311. The van der Waals surface area contributed by atoms with E-state index in [-0.39, 0.29) is 0 Å². The highest BCUT2D eigenvalue weighted by Gasteiger charge is 2.28. The quantitative estimate of drug-likeness (QED) is 0.870. The van der Waals surface area contributed by atoms with Crippen LogP contribution in [0.2, 0.25) is 0 Å². The van der Waals surface area contributed by atoms with Gasteiger partial charge in [0, 0.05) is 44.2 Å². The molecule has 1 aliphatic heterocycles. The van der Waals surface area contributed by atoms with Crippen LogP contribution >= 0.6 is 11.3 Å². The molecule has 5 heteroatoms. The molecule has 1 amide bonds. The van der Waals surface area contributed by atoms with E-state index in [4.69, 9.17) is 0 Å². The van der Waals surface area contributed by atoms with Gasteiger partial charge in [0.2, 0.25) is 5.91 Å². The van der Waals surface area contributed by atoms with Crippen LogP contribution in [0.5, 0.6) is 0 Å². The number of amides is 1. The maximum atomic E-state index is 12.7. The highest BCUT2D eigenvalue weighted by Crippen LogP contribution is 2.35. The Kier molecular flexibility index (Phi) is 4.04. The van der Waals surface area contributed by atoms with E-state index in [1.165, 1.54) is 11.1 Å². The summed E-state index contributed by atoms with van der Waals surface area (Å²) in [6.07, 6.45) is 4.74. The van der Waals surface area contributed by atoms with E-state index in [1.807, 2.05) is 16.5 Å². The summed E-state index contributed by atoms with van der Waals surface area (Å²) in [7, 11) is 0. The first-order chi connectivity index (χ1) is 11.3. The molecule has 2 heterocycles. The first-order valence-electron chi connectivity index (χ1n) is 8.31. The zero-order valence-corrected chi connectivity index (χ0v) is 14.0. The lowest BCUT2D eigenvalue weighted by Gasteiger charge is -2.35. The topological polar surface area (TPSA) is 36.4 Å². The smallest absolute Gasteiger partial charge is 0.223 e. The Morgan fingerprint density at radius 3 is 2.83 bits per heavy atom. The van der Waals surface area contributed by atoms with Crippen molar-refractivity contribution in [2.75, 3.05) is 31.1 Å². The van der Waals surface area contributed by atoms with E-state index >= 15 is 0 Å². The van der Waals surface area contributed by atoms with Crippen LogP contribution < -0.4 is 4.90 Å². The molecule has 1 aromatic heterocycles. The fourth-order valence-corrected chi connectivity index (χ4v) is 4.41. The summed E-state index contributed by atoms with van der Waals surface area (Å²) in [6, 6.07) is 8.59. The van der Waals surface area contributed by atoms with Gasteiger partial charge in [-0.1, -0.05) is 24.3 Å². The number of carbonyl (C=O) groups is 1. The molecule has 1 aromatic carbocycles. The Morgan fingerprint density at radius 1 is 1.22 bits per heavy atom. The highest BCUT2D eigenvalue weighted by atomic mass is 32.1. The fraction of sp³-hybridized carbons (Fsp3) is 0.444. The van der Waals surface area contributed by atoms with Gasteiger partial charge in [-0.25, -0.2) is 4.98 Å². The highest BCUT2D eigenvalue weighted by molar-refractivity contribution is 7.13. The average molecular weight is 327 g/mol. The van der Waals surface area contributed by atoms with Crippen LogP contribution in [0.25, 0.3) is 0 Å². The van der Waals surface area contributed by atoms with Gasteiger partial charge in [-0.05, 0) is 29.9 Å². The second-order valence-electron chi connectivity index (χ2n) is 6.32. The molecule has 1 aliphatic carbocycles. The third-order valence-corrected chi connectivity index (χ3v) is 5.83. The average Bonchev–Trinajstić information content (AvgIpc) is 3.25. The number of thiazole rings is 1. The van der Waals surface area contributed by atoms with Crippen LogP contribution in [-0.4, -0.2) is 42.0 Å². The van der Waals surface area contributed by atoms with E-state index in [0.717, 1.165) is 44.2 Å². The normalized spacial score (nSPS) is 20.6. The summed E-state index contributed by atoms with van der Waals surface area (Å²) in [5.41, 5.74) is 2.82. The molecular weight excluding hydrogens is 306 g/mol. The van der Waals surface area contributed by atoms with Crippen LogP contribution in [0, 0.1) is 0 Å². The number of fused-ring (bicyclic) bond motifs is 1. The van der Waals surface area contributed by atoms with E-state index in [1.54, 1.807) is 11.3 Å². The fourth-order valence-electron chi connectivity index (χ4n) is 3.72. The lowest BCUT2D eigenvalue weighted by molar-refractivity contribution is -0.131. The van der Waals surface area contributed by atoms with Gasteiger partial charge in [-0.15, -0.1) is 11.3 Å². The molecule has 2 aliphatic rings. The molecule has 0 unspecified atom stereocenters. The Morgan fingerprint density at radius 2 is 2.04 bits per heavy atom. The van der Waals surface area contributed by atoms with Crippen LogP contribution in [0.1, 0.15) is 29.9 Å². The molecule has 0 N–H and O–H groups in total. The molecule has 2 aromatic rings. The van der Waals surface area contributed by atoms with E-state index in [9.17, 15) is 4.79 Å². The number of aromatic nitrogens is 1. The minimum atomic E-state index is 0.311. The summed E-state index contributed by atoms with van der Waals surface area (Å²) in [4.78, 5) is 21.3. The standard InChI is InChI=1S/C18H21N3OS/c22-17(13-15-6-5-14-3-1-2-4-16(14)15)20-8-10-21(11-9-20)18-19-7-12-23-18/h1-4,7,12,15H,5-6,8-11,13H2/t15-/m1/s1. The van der Waals surface area contributed by atoms with Gasteiger partial charge >= 0.3 is 0 Å². The van der Waals surface area contributed by atoms with Gasteiger partial charge in [0.25, 0.3) is 0 Å². The van der Waals surface area contributed by atoms with Gasteiger partial charge in [0.1, 0.15) is 0 Å². The van der Waals surface area contributed by atoms with Crippen molar-refractivity contribution in [3.05, 3.63) is 47.0 Å². The number of hydrogen-bond donors (Lipinski definition) is 0. The molecule has 23 heavy (non-hydrogen) atoms. The number of benzene rings is 1. The monoisotopic (exact) mass is 327 g/mol. The Labute approximate surface area is 140 Å². The third-order valence-electron chi connectivity index (χ3n) is 5.00. The van der Waals surface area contributed by atoms with Gasteiger partial charge in [-0.3, -0.25) is 4.79 Å². The number of carbonyl (C=O) groups excluding carboxylic acids is 1. The van der Waals surface area contributed by atoms with E-state index in [0.29, 0.717) is 18.2 Å². The van der Waals surface area contributed by atoms with Crippen LogP contribution in [0.4, 0.5) is 5.13 Å². The predicted molar refractivity (Wildman–Crippen MR) is 93.0 cm³/mol. The van der Waals surface area contributed by atoms with Crippen molar-refractivity contribution >= 4 is 22.4 Å². The van der Waals surface area contributed by atoms with Crippen LogP contribution in [-0.2, 0) is 11.2 Å². The first-order valence-corrected chi connectivity index (χ1v) is 9.19. The Balaban J connectivity index is 1.34. The van der Waals surface area contributed by atoms with Crippen molar-refractivity contribution in [1.82, 2.24) is 9.88 Å². The zero-order valence-electron chi connectivity index (χ0n) is 13.1. The maximum Gasteiger partial charge on any atom is 0.223 e. The number of nitrogens with zero attached hydrogens (tertiary/aromatic N) is 3. The molecule has 0 saturated carbocycles. The van der Waals surface area contributed by atoms with Gasteiger partial charge in [0.05, 0.1) is 0 Å². The van der Waals surface area contributed by atoms with Crippen LogP contribution in [0.15, 0.2) is 35.8 Å². The van der Waals surface area contributed by atoms with Gasteiger partial charge < -0.3 is 9.80 Å². The predicted octanol–water partition coefficient (Wildman–Crippen LogP) is 2.91. The molecule has 0 spiro atoms. The summed E-state index contributed by atoms with van der Waals surface area (Å²) in [5, 5.41) is 3.08. The molecule has 1 atom stereocenters. The summed E-state index contributed by atoms with van der Waals surface area (Å²) in [6.45, 7) is 3.40. The molecule has 4 nitrogen and oxygen atoms in total.